The van der Waals surface area contributed by atoms with Crippen molar-refractivity contribution in [1.82, 2.24) is 9.29 Å². The summed E-state index contributed by atoms with van der Waals surface area (Å²) in [5.41, 5.74) is 5.41. The molecule has 1 aliphatic heterocycles. The molecule has 31 heavy (non-hydrogen) atoms. The lowest BCUT2D eigenvalue weighted by molar-refractivity contribution is -0.104. The SMILES string of the molecule is CC.Cc1ccc(C(c2ncccc2C)C2CCN(S(C)(=O)=O)CC2)c(/C=C/C=O)c1. The first-order valence-corrected chi connectivity index (χ1v) is 12.7. The number of allylic oxidation sites excluding steroid dienone is 1. The molecule has 0 spiro atoms. The first-order chi connectivity index (χ1) is 14.8. The fourth-order valence-corrected chi connectivity index (χ4v) is 5.13. The van der Waals surface area contributed by atoms with Crippen LogP contribution in [0.15, 0.2) is 42.6 Å². The maximum absolute atomic E-state index is 11.9. The van der Waals surface area contributed by atoms with E-state index in [1.807, 2.05) is 39.1 Å². The van der Waals surface area contributed by atoms with Crippen molar-refractivity contribution in [3.63, 3.8) is 0 Å². The van der Waals surface area contributed by atoms with Crippen molar-refractivity contribution in [2.24, 2.45) is 5.92 Å². The zero-order valence-corrected chi connectivity index (χ0v) is 20.0. The van der Waals surface area contributed by atoms with Gasteiger partial charge in [-0.25, -0.2) is 12.7 Å². The monoisotopic (exact) mass is 442 g/mol. The number of benzene rings is 1. The lowest BCUT2D eigenvalue weighted by atomic mass is 9.75. The Bertz CT molecular complexity index is 1010. The fraction of sp³-hybridized carbons (Fsp3) is 0.440. The van der Waals surface area contributed by atoms with Gasteiger partial charge in [-0.05, 0) is 61.4 Å². The molecule has 6 heteroatoms. The van der Waals surface area contributed by atoms with E-state index in [1.54, 1.807) is 4.31 Å². The number of hydrogen-bond acceptors (Lipinski definition) is 4. The molecule has 1 atom stereocenters. The van der Waals surface area contributed by atoms with E-state index in [0.29, 0.717) is 13.1 Å². The Morgan fingerprint density at radius 1 is 1.13 bits per heavy atom. The van der Waals surface area contributed by atoms with E-state index >= 15 is 0 Å². The molecule has 1 aliphatic rings. The first kappa shape index (κ1) is 25.0. The number of hydrogen-bond donors (Lipinski definition) is 0. The Morgan fingerprint density at radius 3 is 2.39 bits per heavy atom. The summed E-state index contributed by atoms with van der Waals surface area (Å²) >= 11 is 0. The van der Waals surface area contributed by atoms with Crippen molar-refractivity contribution in [2.45, 2.75) is 46.5 Å². The Morgan fingerprint density at radius 2 is 1.81 bits per heavy atom. The Balaban J connectivity index is 0.00000166. The highest BCUT2D eigenvalue weighted by molar-refractivity contribution is 7.88. The predicted molar refractivity (Wildman–Crippen MR) is 128 cm³/mol. The minimum Gasteiger partial charge on any atom is -0.299 e. The van der Waals surface area contributed by atoms with Gasteiger partial charge in [-0.3, -0.25) is 9.78 Å². The topological polar surface area (TPSA) is 67.3 Å². The molecule has 0 N–H and O–H groups in total. The van der Waals surface area contributed by atoms with Crippen molar-refractivity contribution >= 4 is 22.4 Å². The molecule has 2 heterocycles. The molecule has 0 amide bonds. The molecular weight excluding hydrogens is 408 g/mol. The van der Waals surface area contributed by atoms with E-state index in [2.05, 4.69) is 31.2 Å². The third-order valence-corrected chi connectivity index (χ3v) is 7.02. The van der Waals surface area contributed by atoms with Gasteiger partial charge in [-0.2, -0.15) is 0 Å². The molecule has 0 radical (unpaired) electrons. The van der Waals surface area contributed by atoms with Crippen LogP contribution in [-0.4, -0.2) is 43.3 Å². The van der Waals surface area contributed by atoms with Crippen molar-refractivity contribution in [3.8, 4) is 0 Å². The van der Waals surface area contributed by atoms with Gasteiger partial charge in [0.15, 0.2) is 0 Å². The summed E-state index contributed by atoms with van der Waals surface area (Å²) in [6, 6.07) is 10.3. The highest BCUT2D eigenvalue weighted by atomic mass is 32.2. The molecule has 1 aromatic heterocycles. The number of rotatable bonds is 6. The van der Waals surface area contributed by atoms with Crippen molar-refractivity contribution in [3.05, 3.63) is 70.6 Å². The predicted octanol–water partition coefficient (Wildman–Crippen LogP) is 4.74. The number of pyridine rings is 1. The van der Waals surface area contributed by atoms with Crippen LogP contribution >= 0.6 is 0 Å². The van der Waals surface area contributed by atoms with Crippen LogP contribution in [0.1, 0.15) is 60.6 Å². The van der Waals surface area contributed by atoms with Crippen LogP contribution in [0.2, 0.25) is 0 Å². The van der Waals surface area contributed by atoms with Crippen LogP contribution in [-0.2, 0) is 14.8 Å². The third-order valence-electron chi connectivity index (χ3n) is 5.72. The number of carbonyl (C=O) groups excluding carboxylic acids is 1. The van der Waals surface area contributed by atoms with Gasteiger partial charge in [0.2, 0.25) is 10.0 Å². The molecule has 2 aromatic rings. The second-order valence-electron chi connectivity index (χ2n) is 7.81. The molecule has 0 bridgehead atoms. The summed E-state index contributed by atoms with van der Waals surface area (Å²) in [5, 5.41) is 0. The minimum absolute atomic E-state index is 0.0461. The zero-order chi connectivity index (χ0) is 23.0. The summed E-state index contributed by atoms with van der Waals surface area (Å²) in [6.45, 7) is 9.15. The van der Waals surface area contributed by atoms with E-state index in [1.165, 1.54) is 12.3 Å². The second-order valence-corrected chi connectivity index (χ2v) is 9.79. The van der Waals surface area contributed by atoms with Gasteiger partial charge < -0.3 is 0 Å². The minimum atomic E-state index is -3.17. The lowest BCUT2D eigenvalue weighted by Crippen LogP contribution is -2.39. The maximum atomic E-state index is 11.9. The van der Waals surface area contributed by atoms with Crippen molar-refractivity contribution in [2.75, 3.05) is 19.3 Å². The van der Waals surface area contributed by atoms with Crippen LogP contribution in [0, 0.1) is 19.8 Å². The fourth-order valence-electron chi connectivity index (χ4n) is 4.25. The molecule has 1 fully saturated rings. The van der Waals surface area contributed by atoms with Gasteiger partial charge in [-0.1, -0.05) is 49.8 Å². The largest absolute Gasteiger partial charge is 0.299 e. The molecule has 1 saturated heterocycles. The smallest absolute Gasteiger partial charge is 0.211 e. The molecule has 1 unspecified atom stereocenters. The van der Waals surface area contributed by atoms with E-state index in [0.717, 1.165) is 47.1 Å². The summed E-state index contributed by atoms with van der Waals surface area (Å²) in [4.78, 5) is 15.7. The normalized spacial score (nSPS) is 16.5. The first-order valence-electron chi connectivity index (χ1n) is 10.9. The van der Waals surface area contributed by atoms with Crippen molar-refractivity contribution < 1.29 is 13.2 Å². The van der Waals surface area contributed by atoms with Crippen LogP contribution < -0.4 is 0 Å². The molecule has 3 rings (SSSR count). The van der Waals surface area contributed by atoms with E-state index in [-0.39, 0.29) is 11.8 Å². The van der Waals surface area contributed by atoms with Crippen molar-refractivity contribution in [1.29, 1.82) is 0 Å². The van der Waals surface area contributed by atoms with Crippen LogP contribution in [0.4, 0.5) is 0 Å². The van der Waals surface area contributed by atoms with Crippen LogP contribution in [0.5, 0.6) is 0 Å². The number of aromatic nitrogens is 1. The summed E-state index contributed by atoms with van der Waals surface area (Å²) in [5.74, 6) is 0.317. The number of aldehydes is 1. The molecule has 0 saturated carbocycles. The standard InChI is InChI=1S/C23H28N2O3S.C2H6/c1-17-8-9-21(20(16-17)7-5-15-26)22(23-18(2)6-4-12-24-23)19-10-13-25(14-11-19)29(3,27)28;1-2/h4-9,12,15-16,19,22H,10-11,13-14H2,1-3H3;1-2H3/b7-5+;. The number of nitrogens with zero attached hydrogens (tertiary/aromatic N) is 2. The molecular formula is C25H34N2O3S. The average Bonchev–Trinajstić information content (AvgIpc) is 2.76. The van der Waals surface area contributed by atoms with Gasteiger partial charge >= 0.3 is 0 Å². The highest BCUT2D eigenvalue weighted by Gasteiger charge is 2.33. The quantitative estimate of drug-likeness (QED) is 0.479. The van der Waals surface area contributed by atoms with E-state index < -0.39 is 10.0 Å². The van der Waals surface area contributed by atoms with Gasteiger partial charge in [0, 0.05) is 25.2 Å². The molecule has 1 aromatic carbocycles. The van der Waals surface area contributed by atoms with Crippen LogP contribution in [0.25, 0.3) is 6.08 Å². The Hall–Kier alpha value is -2.31. The van der Waals surface area contributed by atoms with Gasteiger partial charge in [0.05, 0.1) is 11.9 Å². The number of sulfonamides is 1. The summed E-state index contributed by atoms with van der Waals surface area (Å²) < 4.78 is 25.4. The molecule has 168 valence electrons. The third kappa shape index (κ3) is 6.34. The number of carbonyl (C=O) groups is 1. The van der Waals surface area contributed by atoms with Gasteiger partial charge in [-0.15, -0.1) is 0 Å². The van der Waals surface area contributed by atoms with Crippen LogP contribution in [0.3, 0.4) is 0 Å². The lowest BCUT2D eigenvalue weighted by Gasteiger charge is -2.36. The number of piperidine rings is 1. The van der Waals surface area contributed by atoms with Gasteiger partial charge in [0.25, 0.3) is 0 Å². The zero-order valence-electron chi connectivity index (χ0n) is 19.2. The average molecular weight is 443 g/mol. The second kappa shape index (κ2) is 11.3. The summed E-state index contributed by atoms with van der Waals surface area (Å²) in [6.07, 6.45) is 8.81. The van der Waals surface area contributed by atoms with Gasteiger partial charge in [0.1, 0.15) is 6.29 Å². The highest BCUT2D eigenvalue weighted by Crippen LogP contribution is 2.40. The number of aryl methyl sites for hydroxylation is 2. The Labute approximate surface area is 187 Å². The molecule has 5 nitrogen and oxygen atoms in total. The maximum Gasteiger partial charge on any atom is 0.211 e. The van der Waals surface area contributed by atoms with E-state index in [4.69, 9.17) is 4.98 Å². The Kier molecular flexibility index (Phi) is 9.14. The van der Waals surface area contributed by atoms with E-state index in [9.17, 15) is 13.2 Å². The molecule has 0 aliphatic carbocycles. The summed E-state index contributed by atoms with van der Waals surface area (Å²) in [7, 11) is -3.17.